The van der Waals surface area contributed by atoms with Crippen molar-refractivity contribution in [2.75, 3.05) is 0 Å². The molecule has 242 valence electrons. The molecule has 2 heterocycles. The lowest BCUT2D eigenvalue weighted by Crippen LogP contribution is -2.03. The number of pyridine rings is 1. The molecule has 0 amide bonds. The number of benzene rings is 6. The van der Waals surface area contributed by atoms with E-state index in [-0.39, 0.29) is 0 Å². The Morgan fingerprint density at radius 3 is 2.02 bits per heavy atom. The molecule has 2 aliphatic rings. The second-order valence-corrected chi connectivity index (χ2v) is 13.9. The van der Waals surface area contributed by atoms with E-state index in [9.17, 15) is 0 Å². The standard InChI is InChI=1S/C48H35N3/c1-30-11-10-20-39-38-17-7-9-19-41(38)44(28-42(30)39)46-29-45(43-27-34-13-3-4-14-35(34)37-16-6-8-18-40(37)43)50-48(51-46)33-23-21-32(22-24-33)47-36-15-5-2-12-31(36)25-26-49-47/h3-10,13-30H,2,11-12H2,1H3. The third-order valence-corrected chi connectivity index (χ3v) is 10.8. The molecule has 10 rings (SSSR count). The zero-order valence-corrected chi connectivity index (χ0v) is 28.5. The summed E-state index contributed by atoms with van der Waals surface area (Å²) in [4.78, 5) is 15.6. The van der Waals surface area contributed by atoms with Gasteiger partial charge in [0.15, 0.2) is 5.82 Å². The van der Waals surface area contributed by atoms with Crippen LogP contribution in [0.1, 0.15) is 47.9 Å². The second kappa shape index (κ2) is 12.0. The van der Waals surface area contributed by atoms with Gasteiger partial charge in [-0.3, -0.25) is 4.98 Å². The summed E-state index contributed by atoms with van der Waals surface area (Å²) < 4.78 is 0. The molecule has 0 N–H and O–H groups in total. The Bertz CT molecular complexity index is 2740. The van der Waals surface area contributed by atoms with Gasteiger partial charge in [-0.1, -0.05) is 128 Å². The topological polar surface area (TPSA) is 38.7 Å². The molecule has 0 fully saturated rings. The number of rotatable bonds is 4. The number of hydrogen-bond donors (Lipinski definition) is 0. The van der Waals surface area contributed by atoms with Gasteiger partial charge in [0, 0.05) is 34.0 Å². The van der Waals surface area contributed by atoms with Crippen molar-refractivity contribution in [1.29, 1.82) is 0 Å². The molecule has 3 heteroatoms. The molecule has 8 aromatic rings. The lowest BCUT2D eigenvalue weighted by molar-refractivity contribution is 0.774. The minimum absolute atomic E-state index is 0.429. The van der Waals surface area contributed by atoms with E-state index in [1.807, 2.05) is 6.20 Å². The Morgan fingerprint density at radius 1 is 0.569 bits per heavy atom. The van der Waals surface area contributed by atoms with Crippen LogP contribution in [0.2, 0.25) is 0 Å². The van der Waals surface area contributed by atoms with Crippen LogP contribution in [0.15, 0.2) is 140 Å². The van der Waals surface area contributed by atoms with Gasteiger partial charge >= 0.3 is 0 Å². The molecule has 0 radical (unpaired) electrons. The Labute approximate surface area is 297 Å². The van der Waals surface area contributed by atoms with Crippen LogP contribution in [0.4, 0.5) is 0 Å². The van der Waals surface area contributed by atoms with Crippen molar-refractivity contribution in [3.05, 3.63) is 162 Å². The second-order valence-electron chi connectivity index (χ2n) is 13.9. The lowest BCUT2D eigenvalue weighted by Gasteiger charge is -2.22. The first-order valence-corrected chi connectivity index (χ1v) is 18.0. The molecule has 0 bridgehead atoms. The summed E-state index contributed by atoms with van der Waals surface area (Å²) >= 11 is 0. The average Bonchev–Trinajstić information content (AvgIpc) is 3.20. The molecule has 1 unspecified atom stereocenters. The molecule has 3 nitrogen and oxygen atoms in total. The molecule has 0 saturated carbocycles. The maximum absolute atomic E-state index is 5.38. The first-order chi connectivity index (χ1) is 25.2. The first-order valence-electron chi connectivity index (χ1n) is 18.0. The lowest BCUT2D eigenvalue weighted by atomic mass is 9.83. The van der Waals surface area contributed by atoms with Crippen molar-refractivity contribution in [2.45, 2.75) is 32.1 Å². The van der Waals surface area contributed by atoms with Gasteiger partial charge < -0.3 is 0 Å². The molecule has 2 aromatic heterocycles. The van der Waals surface area contributed by atoms with Crippen molar-refractivity contribution in [1.82, 2.24) is 15.0 Å². The van der Waals surface area contributed by atoms with Gasteiger partial charge in [-0.15, -0.1) is 0 Å². The minimum atomic E-state index is 0.429. The van der Waals surface area contributed by atoms with Crippen LogP contribution in [-0.2, 0) is 6.42 Å². The van der Waals surface area contributed by atoms with Crippen LogP contribution in [0.3, 0.4) is 0 Å². The summed E-state index contributed by atoms with van der Waals surface area (Å²) in [5.41, 5.74) is 12.5. The van der Waals surface area contributed by atoms with E-state index in [1.54, 1.807) is 0 Å². The van der Waals surface area contributed by atoms with Crippen molar-refractivity contribution >= 4 is 44.5 Å². The van der Waals surface area contributed by atoms with Crippen LogP contribution >= 0.6 is 0 Å². The number of allylic oxidation sites excluding steroid dienone is 2. The third-order valence-electron chi connectivity index (χ3n) is 10.8. The zero-order chi connectivity index (χ0) is 33.9. The molecule has 0 aliphatic heterocycles. The summed E-state index contributed by atoms with van der Waals surface area (Å²) in [7, 11) is 0. The first kappa shape index (κ1) is 29.7. The van der Waals surface area contributed by atoms with E-state index in [1.165, 1.54) is 54.6 Å². The number of nitrogens with zero attached hydrogens (tertiary/aromatic N) is 3. The summed E-state index contributed by atoms with van der Waals surface area (Å²) in [6, 6.07) is 43.8. The normalized spacial score (nSPS) is 15.0. The quantitative estimate of drug-likeness (QED) is 0.177. The van der Waals surface area contributed by atoms with E-state index >= 15 is 0 Å². The van der Waals surface area contributed by atoms with Gasteiger partial charge in [-0.25, -0.2) is 9.97 Å². The highest BCUT2D eigenvalue weighted by atomic mass is 14.9. The van der Waals surface area contributed by atoms with E-state index < -0.39 is 0 Å². The van der Waals surface area contributed by atoms with Crippen LogP contribution in [0.25, 0.3) is 89.6 Å². The van der Waals surface area contributed by atoms with Gasteiger partial charge in [0.05, 0.1) is 17.1 Å². The fourth-order valence-electron chi connectivity index (χ4n) is 8.22. The van der Waals surface area contributed by atoms with E-state index in [2.05, 4.69) is 153 Å². The predicted molar refractivity (Wildman–Crippen MR) is 214 cm³/mol. The van der Waals surface area contributed by atoms with Gasteiger partial charge in [-0.05, 0) is 98.5 Å². The maximum atomic E-state index is 5.38. The highest BCUT2D eigenvalue weighted by Gasteiger charge is 2.21. The molecule has 0 spiro atoms. The monoisotopic (exact) mass is 653 g/mol. The van der Waals surface area contributed by atoms with Crippen molar-refractivity contribution < 1.29 is 0 Å². The molecule has 1 atom stereocenters. The zero-order valence-electron chi connectivity index (χ0n) is 28.5. The van der Waals surface area contributed by atoms with Crippen LogP contribution in [0, 0.1) is 0 Å². The summed E-state index contributed by atoms with van der Waals surface area (Å²) in [6.45, 7) is 2.33. The number of aromatic nitrogens is 3. The van der Waals surface area contributed by atoms with E-state index in [0.29, 0.717) is 11.7 Å². The summed E-state index contributed by atoms with van der Waals surface area (Å²) in [5.74, 6) is 1.14. The van der Waals surface area contributed by atoms with Crippen molar-refractivity contribution in [2.24, 2.45) is 0 Å². The highest BCUT2D eigenvalue weighted by molar-refractivity contribution is 6.13. The van der Waals surface area contributed by atoms with Crippen LogP contribution in [0.5, 0.6) is 0 Å². The molecule has 6 aromatic carbocycles. The van der Waals surface area contributed by atoms with E-state index in [4.69, 9.17) is 15.0 Å². The summed E-state index contributed by atoms with van der Waals surface area (Å²) in [5, 5.41) is 7.33. The fourth-order valence-corrected chi connectivity index (χ4v) is 8.22. The van der Waals surface area contributed by atoms with Gasteiger partial charge in [0.25, 0.3) is 0 Å². The Balaban J connectivity index is 1.21. The SMILES string of the molecule is CC1CC=Cc2c1cc(-c1cc(-c3cc4ccccc4c4ccccc34)nc(-c3ccc(-c4nccc5c4C=CCC5)cc3)n1)c1ccccc21. The smallest absolute Gasteiger partial charge is 0.160 e. The molecular weight excluding hydrogens is 619 g/mol. The number of fused-ring (bicyclic) bond motifs is 7. The largest absolute Gasteiger partial charge is 0.256 e. The molecular formula is C48H35N3. The molecule has 51 heavy (non-hydrogen) atoms. The predicted octanol–water partition coefficient (Wildman–Crippen LogP) is 12.5. The van der Waals surface area contributed by atoms with Crippen molar-refractivity contribution in [3.8, 4) is 45.2 Å². The number of aryl methyl sites for hydroxylation is 1. The number of hydrogen-bond acceptors (Lipinski definition) is 3. The molecule has 0 saturated heterocycles. The molecule has 2 aliphatic carbocycles. The summed E-state index contributed by atoms with van der Waals surface area (Å²) in [6.07, 6.45) is 14.2. The van der Waals surface area contributed by atoms with Crippen LogP contribution < -0.4 is 0 Å². The Kier molecular flexibility index (Phi) is 6.99. The highest BCUT2D eigenvalue weighted by Crippen LogP contribution is 2.42. The fraction of sp³-hybridized carbons (Fsp3) is 0.104. The van der Waals surface area contributed by atoms with Crippen LogP contribution in [-0.4, -0.2) is 15.0 Å². The van der Waals surface area contributed by atoms with Crippen molar-refractivity contribution in [3.63, 3.8) is 0 Å². The average molecular weight is 654 g/mol. The van der Waals surface area contributed by atoms with Gasteiger partial charge in [-0.2, -0.15) is 0 Å². The Hall–Kier alpha value is -6.19. The Morgan fingerprint density at radius 2 is 1.22 bits per heavy atom. The third kappa shape index (κ3) is 5.00. The minimum Gasteiger partial charge on any atom is -0.256 e. The maximum Gasteiger partial charge on any atom is 0.160 e. The van der Waals surface area contributed by atoms with Gasteiger partial charge in [0.1, 0.15) is 0 Å². The van der Waals surface area contributed by atoms with Gasteiger partial charge in [0.2, 0.25) is 0 Å². The van der Waals surface area contributed by atoms with E-state index in [0.717, 1.165) is 58.6 Å².